The Hall–Kier alpha value is -3.06. The van der Waals surface area contributed by atoms with E-state index in [1.165, 1.54) is 45.2 Å². The summed E-state index contributed by atoms with van der Waals surface area (Å²) in [4.78, 5) is 27.4. The third-order valence-corrected chi connectivity index (χ3v) is 6.61. The molecule has 0 radical (unpaired) electrons. The highest BCUT2D eigenvalue weighted by Gasteiger charge is 2.32. The smallest absolute Gasteiger partial charge is 0.262 e. The molecule has 2 amide bonds. The lowest BCUT2D eigenvalue weighted by Gasteiger charge is -2.44. The van der Waals surface area contributed by atoms with E-state index in [1.807, 2.05) is 0 Å². The lowest BCUT2D eigenvalue weighted by molar-refractivity contribution is -0.118. The molecule has 0 unspecified atom stereocenters. The molecule has 2 aliphatic heterocycles. The Morgan fingerprint density at radius 1 is 0.939 bits per heavy atom. The third-order valence-electron chi connectivity index (χ3n) is 6.61. The number of ether oxygens (including phenoxy) is 2. The van der Waals surface area contributed by atoms with Crippen LogP contribution in [0.2, 0.25) is 0 Å². The van der Waals surface area contributed by atoms with Crippen LogP contribution in [0.4, 0.5) is 5.69 Å². The number of nitrogens with one attached hydrogen (secondary N) is 2. The van der Waals surface area contributed by atoms with Gasteiger partial charge < -0.3 is 25.0 Å². The number of methoxy groups -OCH3 is 1. The molecule has 4 rings (SSSR count). The van der Waals surface area contributed by atoms with Crippen molar-refractivity contribution in [3.63, 3.8) is 0 Å². The van der Waals surface area contributed by atoms with Gasteiger partial charge in [-0.25, -0.2) is 0 Å². The number of fused-ring (bicyclic) bond motifs is 1. The molecule has 2 N–H and O–H groups in total. The minimum absolute atomic E-state index is 0.0661. The van der Waals surface area contributed by atoms with E-state index in [9.17, 15) is 9.59 Å². The van der Waals surface area contributed by atoms with E-state index in [1.54, 1.807) is 55.6 Å². The Morgan fingerprint density at radius 3 is 2.42 bits per heavy atom. The van der Waals surface area contributed by atoms with Crippen LogP contribution < -0.4 is 20.1 Å². The van der Waals surface area contributed by atoms with Crippen molar-refractivity contribution < 1.29 is 19.1 Å². The van der Waals surface area contributed by atoms with Gasteiger partial charge in [0.05, 0.1) is 7.11 Å². The van der Waals surface area contributed by atoms with E-state index < -0.39 is 0 Å². The molecule has 0 saturated carbocycles. The minimum atomic E-state index is -0.266. The summed E-state index contributed by atoms with van der Waals surface area (Å²) in [6.45, 7) is 3.02. The zero-order chi connectivity index (χ0) is 23.0. The average Bonchev–Trinajstić information content (AvgIpc) is 2.86. The standard InChI is InChI=1S/C26H33N3O4/c1-32-22-11-13-23(14-12-22)33-18-25(30)28-21-9-7-19(8-10-21)26(31)27-17-20-5-4-16-29-15-3-2-6-24(20)29/h7-14,20,24H,2-6,15-18H2,1H3,(H,27,31)(H,28,30)/t20-,24-/m1/s1. The summed E-state index contributed by atoms with van der Waals surface area (Å²) in [5.41, 5.74) is 1.22. The minimum Gasteiger partial charge on any atom is -0.497 e. The first kappa shape index (κ1) is 23.1. The molecule has 7 nitrogen and oxygen atoms in total. The normalized spacial score (nSPS) is 20.4. The van der Waals surface area contributed by atoms with Crippen molar-refractivity contribution in [2.75, 3.05) is 38.7 Å². The van der Waals surface area contributed by atoms with Crippen LogP contribution >= 0.6 is 0 Å². The molecule has 7 heteroatoms. The number of benzene rings is 2. The molecule has 2 saturated heterocycles. The quantitative estimate of drug-likeness (QED) is 0.640. The van der Waals surface area contributed by atoms with E-state index in [-0.39, 0.29) is 18.4 Å². The van der Waals surface area contributed by atoms with Crippen LogP contribution in [-0.4, -0.2) is 56.1 Å². The van der Waals surface area contributed by atoms with Gasteiger partial charge in [0.1, 0.15) is 11.5 Å². The summed E-state index contributed by atoms with van der Waals surface area (Å²) in [7, 11) is 1.60. The number of carbonyl (C=O) groups is 2. The number of nitrogens with zero attached hydrogens (tertiary/aromatic N) is 1. The average molecular weight is 452 g/mol. The number of hydrogen-bond acceptors (Lipinski definition) is 5. The Labute approximate surface area is 195 Å². The van der Waals surface area contributed by atoms with Crippen molar-refractivity contribution in [3.05, 3.63) is 54.1 Å². The highest BCUT2D eigenvalue weighted by molar-refractivity contribution is 5.96. The summed E-state index contributed by atoms with van der Waals surface area (Å²) in [5, 5.41) is 5.92. The Kier molecular flexibility index (Phi) is 7.83. The zero-order valence-electron chi connectivity index (χ0n) is 19.2. The fourth-order valence-corrected chi connectivity index (χ4v) is 4.86. The molecule has 0 aliphatic carbocycles. The predicted octanol–water partition coefficient (Wildman–Crippen LogP) is 3.71. The van der Waals surface area contributed by atoms with Gasteiger partial charge in [0.25, 0.3) is 11.8 Å². The summed E-state index contributed by atoms with van der Waals surface area (Å²) >= 11 is 0. The molecule has 0 spiro atoms. The van der Waals surface area contributed by atoms with Crippen LogP contribution in [0, 0.1) is 5.92 Å². The van der Waals surface area contributed by atoms with E-state index in [4.69, 9.17) is 9.47 Å². The second-order valence-electron chi connectivity index (χ2n) is 8.80. The van der Waals surface area contributed by atoms with Crippen LogP contribution in [0.1, 0.15) is 42.5 Å². The van der Waals surface area contributed by atoms with Gasteiger partial charge in [-0.15, -0.1) is 0 Å². The summed E-state index contributed by atoms with van der Waals surface area (Å²) < 4.78 is 10.6. The van der Waals surface area contributed by atoms with Gasteiger partial charge in [0, 0.05) is 23.8 Å². The van der Waals surface area contributed by atoms with Crippen molar-refractivity contribution in [1.82, 2.24) is 10.2 Å². The number of carbonyl (C=O) groups excluding carboxylic acids is 2. The first-order valence-electron chi connectivity index (χ1n) is 11.8. The first-order chi connectivity index (χ1) is 16.1. The molecule has 176 valence electrons. The van der Waals surface area contributed by atoms with Gasteiger partial charge in [0.15, 0.2) is 6.61 Å². The van der Waals surface area contributed by atoms with Gasteiger partial charge in [-0.3, -0.25) is 9.59 Å². The van der Waals surface area contributed by atoms with Crippen LogP contribution in [0.5, 0.6) is 11.5 Å². The summed E-state index contributed by atoms with van der Waals surface area (Å²) in [6.07, 6.45) is 6.24. The molecule has 33 heavy (non-hydrogen) atoms. The highest BCUT2D eigenvalue weighted by atomic mass is 16.5. The highest BCUT2D eigenvalue weighted by Crippen LogP contribution is 2.30. The SMILES string of the molecule is COc1ccc(OCC(=O)Nc2ccc(C(=O)NC[C@H]3CCCN4CCCC[C@H]34)cc2)cc1. The molecule has 2 aliphatic rings. The van der Waals surface area contributed by atoms with Crippen LogP contribution in [0.3, 0.4) is 0 Å². The fourth-order valence-electron chi connectivity index (χ4n) is 4.86. The van der Waals surface area contributed by atoms with E-state index in [0.29, 0.717) is 29.0 Å². The number of rotatable bonds is 8. The molecule has 2 fully saturated rings. The Balaban J connectivity index is 1.22. The number of hydrogen-bond donors (Lipinski definition) is 2. The van der Waals surface area contributed by atoms with Crippen LogP contribution in [-0.2, 0) is 4.79 Å². The van der Waals surface area contributed by atoms with Crippen molar-refractivity contribution in [2.24, 2.45) is 5.92 Å². The molecule has 2 aromatic carbocycles. The van der Waals surface area contributed by atoms with E-state index in [2.05, 4.69) is 15.5 Å². The van der Waals surface area contributed by atoms with Crippen molar-refractivity contribution in [3.8, 4) is 11.5 Å². The molecule has 2 heterocycles. The number of piperidine rings is 2. The molecular formula is C26H33N3O4. The topological polar surface area (TPSA) is 79.9 Å². The molecule has 2 atom stereocenters. The van der Waals surface area contributed by atoms with Gasteiger partial charge >= 0.3 is 0 Å². The van der Waals surface area contributed by atoms with E-state index >= 15 is 0 Å². The maximum absolute atomic E-state index is 12.6. The maximum atomic E-state index is 12.6. The van der Waals surface area contributed by atoms with Crippen LogP contribution in [0.15, 0.2) is 48.5 Å². The van der Waals surface area contributed by atoms with Crippen LogP contribution in [0.25, 0.3) is 0 Å². The molecule has 0 bridgehead atoms. The summed E-state index contributed by atoms with van der Waals surface area (Å²) in [5.74, 6) is 1.52. The third kappa shape index (κ3) is 6.26. The van der Waals surface area contributed by atoms with Crippen molar-refractivity contribution >= 4 is 17.5 Å². The predicted molar refractivity (Wildman–Crippen MR) is 128 cm³/mol. The first-order valence-corrected chi connectivity index (χ1v) is 11.8. The zero-order valence-corrected chi connectivity index (χ0v) is 19.2. The van der Waals surface area contributed by atoms with Gasteiger partial charge in [-0.05, 0) is 93.2 Å². The maximum Gasteiger partial charge on any atom is 0.262 e. The van der Waals surface area contributed by atoms with Gasteiger partial charge in [0.2, 0.25) is 0 Å². The van der Waals surface area contributed by atoms with E-state index in [0.717, 1.165) is 12.3 Å². The molecular weight excluding hydrogens is 418 g/mol. The van der Waals surface area contributed by atoms with Crippen molar-refractivity contribution in [2.45, 2.75) is 38.1 Å². The second kappa shape index (κ2) is 11.2. The Bertz CT molecular complexity index is 928. The summed E-state index contributed by atoms with van der Waals surface area (Å²) in [6, 6.07) is 14.6. The molecule has 0 aromatic heterocycles. The largest absolute Gasteiger partial charge is 0.497 e. The Morgan fingerprint density at radius 2 is 1.67 bits per heavy atom. The lowest BCUT2D eigenvalue weighted by Crippen LogP contribution is -2.51. The number of amides is 2. The van der Waals surface area contributed by atoms with Crippen molar-refractivity contribution in [1.29, 1.82) is 0 Å². The van der Waals surface area contributed by atoms with Gasteiger partial charge in [-0.2, -0.15) is 0 Å². The fraction of sp³-hybridized carbons (Fsp3) is 0.462. The second-order valence-corrected chi connectivity index (χ2v) is 8.80. The van der Waals surface area contributed by atoms with Gasteiger partial charge in [-0.1, -0.05) is 6.42 Å². The monoisotopic (exact) mass is 451 g/mol. The lowest BCUT2D eigenvalue weighted by atomic mass is 9.83. The number of anilines is 1. The molecule has 2 aromatic rings.